The zero-order valence-electron chi connectivity index (χ0n) is 30.7. The van der Waals surface area contributed by atoms with Crippen molar-refractivity contribution in [1.82, 2.24) is 19.5 Å². The summed E-state index contributed by atoms with van der Waals surface area (Å²) in [5.74, 6) is 0.185. The molecule has 7 heteroatoms. The predicted molar refractivity (Wildman–Crippen MR) is 232 cm³/mol. The average Bonchev–Trinajstić information content (AvgIpc) is 4.07. The number of hydrogen-bond acceptors (Lipinski definition) is 5. The maximum absolute atomic E-state index is 9.73. The molecule has 3 aromatic heterocycles. The number of fused-ring (bicyclic) bond motifs is 8. The van der Waals surface area contributed by atoms with Crippen molar-refractivity contribution in [3.8, 4) is 44.8 Å². The molecule has 0 aliphatic carbocycles. The average molecular weight is 735 g/mol. The molecule has 2 aliphatic heterocycles. The molecule has 0 amide bonds. The number of nitrogens with one attached hydrogen (secondary N) is 1. The van der Waals surface area contributed by atoms with Gasteiger partial charge in [-0.3, -0.25) is 0 Å². The second kappa shape index (κ2) is 14.4. The van der Waals surface area contributed by atoms with Gasteiger partial charge in [0.15, 0.2) is 0 Å². The summed E-state index contributed by atoms with van der Waals surface area (Å²) in [5, 5.41) is 18.7. The first-order valence-electron chi connectivity index (χ1n) is 18.8. The van der Waals surface area contributed by atoms with Crippen LogP contribution in [0.2, 0.25) is 0 Å². The van der Waals surface area contributed by atoms with Gasteiger partial charge in [-0.25, -0.2) is 9.97 Å². The van der Waals surface area contributed by atoms with Crippen LogP contribution in [0.15, 0.2) is 180 Å². The number of nitrogens with zero attached hydrogens (tertiary/aromatic N) is 5. The number of H-pyrrole nitrogens is 1. The van der Waals surface area contributed by atoms with Gasteiger partial charge in [0.1, 0.15) is 5.75 Å². The van der Waals surface area contributed by atoms with Crippen molar-refractivity contribution in [2.24, 2.45) is 10.2 Å². The fourth-order valence-corrected chi connectivity index (χ4v) is 7.54. The Labute approximate surface area is 329 Å². The van der Waals surface area contributed by atoms with E-state index in [-0.39, 0.29) is 5.75 Å². The number of aromatic nitrogens is 4. The van der Waals surface area contributed by atoms with Crippen LogP contribution in [0.25, 0.3) is 85.4 Å². The van der Waals surface area contributed by atoms with Gasteiger partial charge in [-0.15, -0.1) is 0 Å². The molecule has 8 aromatic rings. The third-order valence-electron chi connectivity index (χ3n) is 10.1. The van der Waals surface area contributed by atoms with Gasteiger partial charge >= 0.3 is 0 Å². The van der Waals surface area contributed by atoms with Crippen LogP contribution in [0.4, 0.5) is 11.4 Å². The zero-order valence-corrected chi connectivity index (χ0v) is 30.7. The molecule has 5 heterocycles. The Morgan fingerprint density at radius 1 is 0.456 bits per heavy atom. The zero-order chi connectivity index (χ0) is 38.1. The van der Waals surface area contributed by atoms with Crippen LogP contribution >= 0.6 is 0 Å². The third kappa shape index (κ3) is 6.64. The third-order valence-corrected chi connectivity index (χ3v) is 10.1. The fraction of sp³-hybridized carbons (Fsp3) is 0. The molecule has 0 saturated carbocycles. The van der Waals surface area contributed by atoms with E-state index < -0.39 is 0 Å². The summed E-state index contributed by atoms with van der Waals surface area (Å²) in [5.41, 5.74) is 15.9. The van der Waals surface area contributed by atoms with Crippen LogP contribution in [0.3, 0.4) is 0 Å². The van der Waals surface area contributed by atoms with Crippen molar-refractivity contribution >= 4 is 57.7 Å². The van der Waals surface area contributed by atoms with Gasteiger partial charge < -0.3 is 14.7 Å². The molecule has 0 saturated heterocycles. The summed E-state index contributed by atoms with van der Waals surface area (Å²) in [6.07, 6.45) is 8.33. The van der Waals surface area contributed by atoms with E-state index in [0.717, 1.165) is 83.9 Å². The monoisotopic (exact) mass is 734 g/mol. The van der Waals surface area contributed by atoms with Gasteiger partial charge in [-0.2, -0.15) is 10.2 Å². The second-order valence-corrected chi connectivity index (χ2v) is 13.9. The predicted octanol–water partition coefficient (Wildman–Crippen LogP) is 13.2. The van der Waals surface area contributed by atoms with Crippen LogP contribution in [0.5, 0.6) is 5.75 Å². The first-order valence-corrected chi connectivity index (χ1v) is 18.8. The SMILES string of the molecule is Oc1ccc(N=Nc2ccc(-c3c4nc(cc5ccc(cc6nc(cc7c(-c8ccccc8)c(-c8ccccc8)c3n7-c3ccccc3)C=C6)[nH]5)C=C4)cc2)cc1. The van der Waals surface area contributed by atoms with Crippen LogP contribution < -0.4 is 0 Å². The van der Waals surface area contributed by atoms with Crippen molar-refractivity contribution in [3.05, 3.63) is 193 Å². The molecule has 2 aliphatic rings. The lowest BCUT2D eigenvalue weighted by atomic mass is 9.93. The molecular formula is C50H34N6O. The van der Waals surface area contributed by atoms with E-state index in [1.54, 1.807) is 24.3 Å². The Kier molecular flexibility index (Phi) is 8.50. The van der Waals surface area contributed by atoms with Gasteiger partial charge in [0.25, 0.3) is 0 Å². The summed E-state index contributed by atoms with van der Waals surface area (Å²) < 4.78 is 2.37. The molecule has 0 atom stereocenters. The number of hydrogen-bond donors (Lipinski definition) is 2. The maximum Gasteiger partial charge on any atom is 0.115 e. The van der Waals surface area contributed by atoms with Gasteiger partial charge in [0.2, 0.25) is 0 Å². The molecule has 2 N–H and O–H groups in total. The Bertz CT molecular complexity index is 3030. The lowest BCUT2D eigenvalue weighted by molar-refractivity contribution is 0.475. The molecule has 8 bridgehead atoms. The van der Waals surface area contributed by atoms with E-state index in [2.05, 4.69) is 171 Å². The second-order valence-electron chi connectivity index (χ2n) is 13.9. The Hall–Kier alpha value is -7.90. The molecule has 57 heavy (non-hydrogen) atoms. The standard InChI is InChI=1S/C50H34N6O/c57-44-27-24-37(25-28-44)55-54-36-18-16-35(17-19-36)47-45-29-26-41(53-45)31-40-21-20-38(51-40)30-39-22-23-42(52-39)32-46-48(33-10-4-1-5-11-33)49(34-12-6-2-7-13-34)50(47)56(46)43-14-8-3-9-15-43/h1-32,51,57H. The highest BCUT2D eigenvalue weighted by Gasteiger charge is 2.25. The number of benzene rings is 5. The number of phenols is 1. The minimum atomic E-state index is 0.185. The van der Waals surface area contributed by atoms with E-state index in [1.807, 2.05) is 18.2 Å². The Balaban J connectivity index is 1.38. The van der Waals surface area contributed by atoms with Crippen LogP contribution in [0, 0.1) is 0 Å². The number of para-hydroxylation sites is 1. The number of aromatic amines is 1. The summed E-state index contributed by atoms with van der Waals surface area (Å²) >= 11 is 0. The lowest BCUT2D eigenvalue weighted by Gasteiger charge is -2.13. The summed E-state index contributed by atoms with van der Waals surface area (Å²) in [7, 11) is 0. The first kappa shape index (κ1) is 33.7. The number of phenolic OH excluding ortho intramolecular Hbond substituents is 1. The molecule has 7 nitrogen and oxygen atoms in total. The van der Waals surface area contributed by atoms with Crippen molar-refractivity contribution in [2.45, 2.75) is 0 Å². The van der Waals surface area contributed by atoms with E-state index >= 15 is 0 Å². The summed E-state index contributed by atoms with van der Waals surface area (Å²) in [6.45, 7) is 0. The number of aromatic hydroxyl groups is 1. The molecular weight excluding hydrogens is 701 g/mol. The van der Waals surface area contributed by atoms with Crippen molar-refractivity contribution in [2.75, 3.05) is 0 Å². The normalized spacial score (nSPS) is 12.1. The Morgan fingerprint density at radius 3 is 1.60 bits per heavy atom. The highest BCUT2D eigenvalue weighted by molar-refractivity contribution is 6.10. The molecule has 0 radical (unpaired) electrons. The topological polar surface area (TPSA) is 91.4 Å². The Morgan fingerprint density at radius 2 is 0.965 bits per heavy atom. The van der Waals surface area contributed by atoms with Crippen molar-refractivity contribution in [3.63, 3.8) is 0 Å². The van der Waals surface area contributed by atoms with E-state index in [4.69, 9.17) is 9.97 Å². The van der Waals surface area contributed by atoms with Crippen molar-refractivity contribution in [1.29, 1.82) is 0 Å². The number of azo groups is 1. The highest BCUT2D eigenvalue weighted by Crippen LogP contribution is 2.47. The molecule has 270 valence electrons. The first-order chi connectivity index (χ1) is 28.1. The lowest BCUT2D eigenvalue weighted by Crippen LogP contribution is -1.97. The van der Waals surface area contributed by atoms with E-state index in [9.17, 15) is 5.11 Å². The largest absolute Gasteiger partial charge is 0.508 e. The van der Waals surface area contributed by atoms with Gasteiger partial charge in [-0.1, -0.05) is 91.0 Å². The van der Waals surface area contributed by atoms with Crippen LogP contribution in [0.1, 0.15) is 22.8 Å². The fourth-order valence-electron chi connectivity index (χ4n) is 7.54. The van der Waals surface area contributed by atoms with E-state index in [1.165, 1.54) is 0 Å². The van der Waals surface area contributed by atoms with Gasteiger partial charge in [0, 0.05) is 33.4 Å². The maximum atomic E-state index is 9.73. The molecule has 5 aromatic carbocycles. The van der Waals surface area contributed by atoms with Crippen molar-refractivity contribution < 1.29 is 5.11 Å². The quantitative estimate of drug-likeness (QED) is 0.167. The van der Waals surface area contributed by atoms with Gasteiger partial charge in [-0.05, 0) is 120 Å². The minimum absolute atomic E-state index is 0.185. The summed E-state index contributed by atoms with van der Waals surface area (Å²) in [6, 6.07) is 57.1. The molecule has 10 rings (SSSR count). The minimum Gasteiger partial charge on any atom is -0.508 e. The van der Waals surface area contributed by atoms with E-state index in [0.29, 0.717) is 11.4 Å². The van der Waals surface area contributed by atoms with Gasteiger partial charge in [0.05, 0.1) is 45.2 Å². The molecule has 0 spiro atoms. The summed E-state index contributed by atoms with van der Waals surface area (Å²) in [4.78, 5) is 14.0. The highest BCUT2D eigenvalue weighted by atomic mass is 16.3. The molecule has 0 fully saturated rings. The van der Waals surface area contributed by atoms with Crippen LogP contribution in [-0.4, -0.2) is 24.6 Å². The molecule has 0 unspecified atom stereocenters. The number of rotatable bonds is 6. The smallest absolute Gasteiger partial charge is 0.115 e. The van der Waals surface area contributed by atoms with Crippen LogP contribution in [-0.2, 0) is 0 Å².